The van der Waals surface area contributed by atoms with Crippen LogP contribution in [0.1, 0.15) is 5.56 Å². The van der Waals surface area contributed by atoms with Crippen molar-refractivity contribution in [3.63, 3.8) is 0 Å². The van der Waals surface area contributed by atoms with Crippen LogP contribution in [0.25, 0.3) is 0 Å². The summed E-state index contributed by atoms with van der Waals surface area (Å²) in [5.74, 6) is -1.20. The van der Waals surface area contributed by atoms with E-state index in [1.807, 2.05) is 0 Å². The zero-order valence-electron chi connectivity index (χ0n) is 11.0. The Bertz CT molecular complexity index is 649. The lowest BCUT2D eigenvalue weighted by atomic mass is 10.2. The van der Waals surface area contributed by atoms with E-state index in [0.717, 1.165) is 4.47 Å². The normalized spacial score (nSPS) is 10.4. The summed E-state index contributed by atoms with van der Waals surface area (Å²) in [5.41, 5.74) is 0.838. The number of amides is 1. The molecule has 0 heterocycles. The first-order valence-corrected chi connectivity index (χ1v) is 7.04. The fourth-order valence-electron chi connectivity index (χ4n) is 1.75. The first-order chi connectivity index (χ1) is 10.1. The van der Waals surface area contributed by atoms with E-state index in [1.54, 1.807) is 18.2 Å². The Balaban J connectivity index is 1.85. The average molecular weight is 355 g/mol. The maximum atomic E-state index is 13.4. The largest absolute Gasteiger partial charge is 0.322 e. The number of hydrogen-bond donors (Lipinski definition) is 2. The van der Waals surface area contributed by atoms with Crippen molar-refractivity contribution in [2.75, 3.05) is 11.9 Å². The van der Waals surface area contributed by atoms with E-state index < -0.39 is 5.82 Å². The fraction of sp³-hybridized carbons (Fsp3) is 0.133. The van der Waals surface area contributed by atoms with E-state index in [0.29, 0.717) is 12.1 Å². The van der Waals surface area contributed by atoms with E-state index in [1.165, 1.54) is 24.3 Å². The molecule has 0 aromatic heterocycles. The third-order valence-electron chi connectivity index (χ3n) is 2.76. The molecule has 0 spiro atoms. The van der Waals surface area contributed by atoms with Gasteiger partial charge in [0, 0.05) is 11.0 Å². The van der Waals surface area contributed by atoms with Gasteiger partial charge in [-0.1, -0.05) is 28.1 Å². The van der Waals surface area contributed by atoms with Gasteiger partial charge in [-0.3, -0.25) is 4.79 Å². The zero-order chi connectivity index (χ0) is 15.2. The Hall–Kier alpha value is -1.79. The Morgan fingerprint density at radius 1 is 1.14 bits per heavy atom. The highest BCUT2D eigenvalue weighted by atomic mass is 79.9. The van der Waals surface area contributed by atoms with Gasteiger partial charge in [-0.15, -0.1) is 0 Å². The lowest BCUT2D eigenvalue weighted by molar-refractivity contribution is -0.115. The molecule has 2 N–H and O–H groups in total. The number of halogens is 3. The summed E-state index contributed by atoms with van der Waals surface area (Å²) in [5, 5.41) is 5.34. The molecule has 0 radical (unpaired) electrons. The fourth-order valence-corrected chi connectivity index (χ4v) is 2.13. The molecule has 2 aromatic rings. The average Bonchev–Trinajstić information content (AvgIpc) is 2.45. The number of carbonyl (C=O) groups excluding carboxylic acids is 1. The molecular formula is C15H13BrF2N2O. The molecule has 0 saturated heterocycles. The van der Waals surface area contributed by atoms with Gasteiger partial charge in [0.15, 0.2) is 0 Å². The number of hydrogen-bond acceptors (Lipinski definition) is 2. The van der Waals surface area contributed by atoms with Crippen molar-refractivity contribution in [3.8, 4) is 0 Å². The Morgan fingerprint density at radius 3 is 2.67 bits per heavy atom. The number of carbonyl (C=O) groups is 1. The second-order valence-corrected chi connectivity index (χ2v) is 5.22. The number of anilines is 1. The van der Waals surface area contributed by atoms with Crippen LogP contribution < -0.4 is 10.6 Å². The molecule has 0 fully saturated rings. The minimum atomic E-state index is -0.487. The second-order valence-electron chi connectivity index (χ2n) is 4.37. The van der Waals surface area contributed by atoms with Crippen molar-refractivity contribution in [2.45, 2.75) is 6.54 Å². The van der Waals surface area contributed by atoms with Crippen molar-refractivity contribution in [1.82, 2.24) is 5.32 Å². The topological polar surface area (TPSA) is 41.1 Å². The summed E-state index contributed by atoms with van der Waals surface area (Å²) in [4.78, 5) is 11.7. The molecule has 0 atom stereocenters. The zero-order valence-corrected chi connectivity index (χ0v) is 12.6. The van der Waals surface area contributed by atoms with Crippen LogP contribution in [0, 0.1) is 11.6 Å². The molecule has 21 heavy (non-hydrogen) atoms. The van der Waals surface area contributed by atoms with Gasteiger partial charge in [0.05, 0.1) is 12.2 Å². The van der Waals surface area contributed by atoms with Gasteiger partial charge in [-0.25, -0.2) is 8.78 Å². The number of rotatable bonds is 5. The second kappa shape index (κ2) is 7.28. The summed E-state index contributed by atoms with van der Waals surface area (Å²) in [6, 6.07) is 10.3. The molecule has 0 saturated carbocycles. The van der Waals surface area contributed by atoms with Gasteiger partial charge in [-0.05, 0) is 35.9 Å². The molecule has 0 bridgehead atoms. The summed E-state index contributed by atoms with van der Waals surface area (Å²) in [7, 11) is 0. The van der Waals surface area contributed by atoms with Crippen LogP contribution in [0.2, 0.25) is 0 Å². The van der Waals surface area contributed by atoms with E-state index in [2.05, 4.69) is 26.6 Å². The van der Waals surface area contributed by atoms with E-state index in [-0.39, 0.29) is 24.0 Å². The van der Waals surface area contributed by atoms with Crippen molar-refractivity contribution in [3.05, 3.63) is 64.1 Å². The molecule has 2 aromatic carbocycles. The minimum absolute atomic E-state index is 0.00269. The first kappa shape index (κ1) is 15.6. The number of benzene rings is 2. The lowest BCUT2D eigenvalue weighted by Crippen LogP contribution is -2.28. The monoisotopic (exact) mass is 354 g/mol. The molecule has 0 aliphatic heterocycles. The van der Waals surface area contributed by atoms with Crippen LogP contribution in [0.5, 0.6) is 0 Å². The van der Waals surface area contributed by atoms with Gasteiger partial charge >= 0.3 is 0 Å². The molecular weight excluding hydrogens is 342 g/mol. The molecule has 6 heteroatoms. The van der Waals surface area contributed by atoms with Crippen LogP contribution in [0.4, 0.5) is 14.5 Å². The summed E-state index contributed by atoms with van der Waals surface area (Å²) < 4.78 is 27.2. The van der Waals surface area contributed by atoms with Gasteiger partial charge in [0.1, 0.15) is 11.6 Å². The number of para-hydroxylation sites is 1. The molecule has 1 amide bonds. The van der Waals surface area contributed by atoms with Crippen LogP contribution in [-0.2, 0) is 11.3 Å². The van der Waals surface area contributed by atoms with E-state index in [4.69, 9.17) is 0 Å². The standard InChI is InChI=1S/C15H13BrF2N2O/c16-12-6-5-11(17)7-10(12)8-19-9-15(21)20-14-4-2-1-3-13(14)18/h1-7,19H,8-9H2,(H,20,21). The molecule has 0 aliphatic rings. The van der Waals surface area contributed by atoms with Crippen molar-refractivity contribution >= 4 is 27.5 Å². The third kappa shape index (κ3) is 4.61. The summed E-state index contributed by atoms with van der Waals surface area (Å²) >= 11 is 3.30. The molecule has 0 aliphatic carbocycles. The van der Waals surface area contributed by atoms with E-state index in [9.17, 15) is 13.6 Å². The van der Waals surface area contributed by atoms with Gasteiger partial charge < -0.3 is 10.6 Å². The maximum Gasteiger partial charge on any atom is 0.238 e. The quantitative estimate of drug-likeness (QED) is 0.863. The predicted octanol–water partition coefficient (Wildman–Crippen LogP) is 3.46. The molecule has 3 nitrogen and oxygen atoms in total. The van der Waals surface area contributed by atoms with Crippen molar-refractivity contribution < 1.29 is 13.6 Å². The van der Waals surface area contributed by atoms with Crippen LogP contribution in [0.3, 0.4) is 0 Å². The lowest BCUT2D eigenvalue weighted by Gasteiger charge is -2.08. The van der Waals surface area contributed by atoms with E-state index >= 15 is 0 Å². The SMILES string of the molecule is O=C(CNCc1cc(F)ccc1Br)Nc1ccccc1F. The third-order valence-corrected chi connectivity index (χ3v) is 3.53. The van der Waals surface area contributed by atoms with Crippen LogP contribution in [-0.4, -0.2) is 12.5 Å². The Kier molecular flexibility index (Phi) is 5.41. The van der Waals surface area contributed by atoms with Crippen molar-refractivity contribution in [1.29, 1.82) is 0 Å². The number of nitrogens with one attached hydrogen (secondary N) is 2. The van der Waals surface area contributed by atoms with Gasteiger partial charge in [0.2, 0.25) is 5.91 Å². The highest BCUT2D eigenvalue weighted by Crippen LogP contribution is 2.17. The summed E-state index contributed by atoms with van der Waals surface area (Å²) in [6.45, 7) is 0.320. The molecule has 110 valence electrons. The highest BCUT2D eigenvalue weighted by molar-refractivity contribution is 9.10. The predicted molar refractivity (Wildman–Crippen MR) is 80.8 cm³/mol. The van der Waals surface area contributed by atoms with Crippen LogP contribution >= 0.6 is 15.9 Å². The van der Waals surface area contributed by atoms with Gasteiger partial charge in [0.25, 0.3) is 0 Å². The Morgan fingerprint density at radius 2 is 1.90 bits per heavy atom. The minimum Gasteiger partial charge on any atom is -0.322 e. The molecule has 0 unspecified atom stereocenters. The van der Waals surface area contributed by atoms with Gasteiger partial charge in [-0.2, -0.15) is 0 Å². The molecule has 2 rings (SSSR count). The first-order valence-electron chi connectivity index (χ1n) is 6.25. The maximum absolute atomic E-state index is 13.4. The van der Waals surface area contributed by atoms with Crippen molar-refractivity contribution in [2.24, 2.45) is 0 Å². The van der Waals surface area contributed by atoms with Crippen LogP contribution in [0.15, 0.2) is 46.9 Å². The smallest absolute Gasteiger partial charge is 0.238 e. The summed E-state index contributed by atoms with van der Waals surface area (Å²) in [6.07, 6.45) is 0. The highest BCUT2D eigenvalue weighted by Gasteiger charge is 2.07. The Labute approximate surface area is 129 Å².